The molecule has 0 saturated carbocycles. The maximum atomic E-state index is 12.9. The number of hydrogen-bond donors (Lipinski definition) is 2. The monoisotopic (exact) mass is 268 g/mol. The van der Waals surface area contributed by atoms with Gasteiger partial charge in [0.1, 0.15) is 16.5 Å². The van der Waals surface area contributed by atoms with E-state index in [2.05, 4.69) is 9.71 Å². The number of aromatic hydroxyl groups is 1. The number of hydrogen-bond acceptors (Lipinski definition) is 4. The van der Waals surface area contributed by atoms with Crippen LogP contribution in [-0.4, -0.2) is 18.5 Å². The Labute approximate surface area is 103 Å². The number of phenolic OH excluding ortho intramolecular Hbond substituents is 1. The van der Waals surface area contributed by atoms with Crippen LogP contribution in [0.1, 0.15) is 0 Å². The number of sulfonamides is 1. The van der Waals surface area contributed by atoms with Crippen molar-refractivity contribution in [2.75, 3.05) is 4.72 Å². The summed E-state index contributed by atoms with van der Waals surface area (Å²) in [6.45, 7) is 0. The summed E-state index contributed by atoms with van der Waals surface area (Å²) in [5.74, 6) is -0.972. The molecule has 0 saturated heterocycles. The molecular formula is C11H9FN2O3S. The lowest BCUT2D eigenvalue weighted by atomic mass is 10.3. The van der Waals surface area contributed by atoms with E-state index in [-0.39, 0.29) is 16.3 Å². The molecule has 2 aromatic rings. The number of aromatic nitrogens is 1. The van der Waals surface area contributed by atoms with E-state index >= 15 is 0 Å². The van der Waals surface area contributed by atoms with E-state index in [1.54, 1.807) is 12.1 Å². The first-order valence-electron chi connectivity index (χ1n) is 4.90. The molecule has 0 fully saturated rings. The number of halogens is 1. The number of para-hydroxylation sites is 2. The summed E-state index contributed by atoms with van der Waals surface area (Å²) in [7, 11) is -3.97. The van der Waals surface area contributed by atoms with Crippen LogP contribution < -0.4 is 4.72 Å². The first-order chi connectivity index (χ1) is 8.49. The molecule has 7 heteroatoms. The molecular weight excluding hydrogens is 259 g/mol. The predicted molar refractivity (Wildman–Crippen MR) is 63.1 cm³/mol. The Balaban J connectivity index is 2.37. The van der Waals surface area contributed by atoms with Crippen molar-refractivity contribution in [2.24, 2.45) is 0 Å². The SMILES string of the molecule is O=S(=O)(Nc1ccccc1O)c1cncc(F)c1. The van der Waals surface area contributed by atoms with Crippen molar-refractivity contribution in [3.63, 3.8) is 0 Å². The lowest BCUT2D eigenvalue weighted by Crippen LogP contribution is -2.13. The van der Waals surface area contributed by atoms with Crippen LogP contribution in [0.15, 0.2) is 47.6 Å². The Hall–Kier alpha value is -2.15. The van der Waals surface area contributed by atoms with Gasteiger partial charge in [-0.1, -0.05) is 12.1 Å². The lowest BCUT2D eigenvalue weighted by Gasteiger charge is -2.08. The molecule has 0 bridgehead atoms. The highest BCUT2D eigenvalue weighted by Crippen LogP contribution is 2.24. The molecule has 1 aromatic carbocycles. The lowest BCUT2D eigenvalue weighted by molar-refractivity contribution is 0.477. The van der Waals surface area contributed by atoms with Gasteiger partial charge in [-0.2, -0.15) is 0 Å². The Kier molecular flexibility index (Phi) is 3.15. The maximum absolute atomic E-state index is 12.9. The summed E-state index contributed by atoms with van der Waals surface area (Å²) in [5.41, 5.74) is 0.0155. The molecule has 0 aliphatic carbocycles. The van der Waals surface area contributed by atoms with Crippen LogP contribution in [0.5, 0.6) is 5.75 Å². The van der Waals surface area contributed by atoms with Gasteiger partial charge in [0, 0.05) is 6.20 Å². The Morgan fingerprint density at radius 1 is 1.22 bits per heavy atom. The third-order valence-corrected chi connectivity index (χ3v) is 3.47. The number of rotatable bonds is 3. The van der Waals surface area contributed by atoms with E-state index in [1.165, 1.54) is 12.1 Å². The zero-order valence-electron chi connectivity index (χ0n) is 9.04. The zero-order valence-corrected chi connectivity index (χ0v) is 9.86. The second kappa shape index (κ2) is 4.61. The summed E-state index contributed by atoms with van der Waals surface area (Å²) in [5, 5.41) is 9.46. The summed E-state index contributed by atoms with van der Waals surface area (Å²) in [6.07, 6.45) is 1.92. The van der Waals surface area contributed by atoms with Crippen molar-refractivity contribution < 1.29 is 17.9 Å². The quantitative estimate of drug-likeness (QED) is 0.831. The Morgan fingerprint density at radius 2 is 1.94 bits per heavy atom. The standard InChI is InChI=1S/C11H9FN2O3S/c12-8-5-9(7-13-6-8)18(16,17)14-10-3-1-2-4-11(10)15/h1-7,14-15H. The molecule has 0 aliphatic rings. The van der Waals surface area contributed by atoms with Gasteiger partial charge in [-0.15, -0.1) is 0 Å². The van der Waals surface area contributed by atoms with Crippen LogP contribution in [0.2, 0.25) is 0 Å². The molecule has 0 amide bonds. The van der Waals surface area contributed by atoms with Crippen LogP contribution in [0.25, 0.3) is 0 Å². The predicted octanol–water partition coefficient (Wildman–Crippen LogP) is 1.73. The van der Waals surface area contributed by atoms with E-state index in [4.69, 9.17) is 0 Å². The zero-order chi connectivity index (χ0) is 13.2. The molecule has 1 heterocycles. The molecule has 0 atom stereocenters. The van der Waals surface area contributed by atoms with E-state index in [0.29, 0.717) is 0 Å². The van der Waals surface area contributed by atoms with Gasteiger partial charge in [-0.05, 0) is 18.2 Å². The fourth-order valence-corrected chi connectivity index (χ4v) is 2.35. The second-order valence-electron chi connectivity index (χ2n) is 3.46. The Bertz CT molecular complexity index is 673. The first-order valence-corrected chi connectivity index (χ1v) is 6.39. The molecule has 1 aromatic heterocycles. The highest BCUT2D eigenvalue weighted by molar-refractivity contribution is 7.92. The number of anilines is 1. The molecule has 5 nitrogen and oxygen atoms in total. The second-order valence-corrected chi connectivity index (χ2v) is 5.14. The number of pyridine rings is 1. The summed E-state index contributed by atoms with van der Waals surface area (Å²) in [4.78, 5) is 3.14. The van der Waals surface area contributed by atoms with E-state index in [9.17, 15) is 17.9 Å². The van der Waals surface area contributed by atoms with Crippen molar-refractivity contribution in [1.29, 1.82) is 0 Å². The van der Waals surface area contributed by atoms with E-state index < -0.39 is 15.8 Å². The normalized spacial score (nSPS) is 11.2. The van der Waals surface area contributed by atoms with Gasteiger partial charge in [0.05, 0.1) is 11.9 Å². The molecule has 0 radical (unpaired) electrons. The fourth-order valence-electron chi connectivity index (χ4n) is 1.30. The van der Waals surface area contributed by atoms with Crippen LogP contribution in [0.4, 0.5) is 10.1 Å². The van der Waals surface area contributed by atoms with E-state index in [1.807, 2.05) is 0 Å². The van der Waals surface area contributed by atoms with Crippen molar-refractivity contribution >= 4 is 15.7 Å². The number of phenols is 1. The average molecular weight is 268 g/mol. The molecule has 0 spiro atoms. The minimum Gasteiger partial charge on any atom is -0.506 e. The maximum Gasteiger partial charge on any atom is 0.263 e. The summed E-state index contributed by atoms with van der Waals surface area (Å²) in [6, 6.07) is 6.68. The van der Waals surface area contributed by atoms with Crippen molar-refractivity contribution in [3.8, 4) is 5.75 Å². The number of benzene rings is 1. The van der Waals surface area contributed by atoms with Gasteiger partial charge in [0.25, 0.3) is 10.0 Å². The molecule has 0 unspecified atom stereocenters. The van der Waals surface area contributed by atoms with Gasteiger partial charge in [0.2, 0.25) is 0 Å². The van der Waals surface area contributed by atoms with Crippen LogP contribution in [0.3, 0.4) is 0 Å². The van der Waals surface area contributed by atoms with Gasteiger partial charge < -0.3 is 5.11 Å². The molecule has 18 heavy (non-hydrogen) atoms. The van der Waals surface area contributed by atoms with Gasteiger partial charge >= 0.3 is 0 Å². The van der Waals surface area contributed by atoms with Crippen LogP contribution >= 0.6 is 0 Å². The Morgan fingerprint density at radius 3 is 2.61 bits per heavy atom. The average Bonchev–Trinajstić information content (AvgIpc) is 2.32. The van der Waals surface area contributed by atoms with Crippen molar-refractivity contribution in [2.45, 2.75) is 4.90 Å². The smallest absolute Gasteiger partial charge is 0.263 e. The van der Waals surface area contributed by atoms with Crippen LogP contribution in [0, 0.1) is 5.82 Å². The van der Waals surface area contributed by atoms with Gasteiger partial charge in [0.15, 0.2) is 0 Å². The van der Waals surface area contributed by atoms with Crippen molar-refractivity contribution in [1.82, 2.24) is 4.98 Å². The fraction of sp³-hybridized carbons (Fsp3) is 0. The van der Waals surface area contributed by atoms with Crippen molar-refractivity contribution in [3.05, 3.63) is 48.5 Å². The minimum atomic E-state index is -3.97. The van der Waals surface area contributed by atoms with Gasteiger partial charge in [-0.25, -0.2) is 12.8 Å². The molecule has 0 aliphatic heterocycles. The molecule has 94 valence electrons. The minimum absolute atomic E-state index is 0.0155. The highest BCUT2D eigenvalue weighted by Gasteiger charge is 2.16. The van der Waals surface area contributed by atoms with E-state index in [0.717, 1.165) is 18.5 Å². The summed E-state index contributed by atoms with van der Waals surface area (Å²) >= 11 is 0. The number of nitrogens with one attached hydrogen (secondary N) is 1. The highest BCUT2D eigenvalue weighted by atomic mass is 32.2. The van der Waals surface area contributed by atoms with Crippen LogP contribution in [-0.2, 0) is 10.0 Å². The molecule has 2 N–H and O–H groups in total. The first kappa shape index (κ1) is 12.3. The number of nitrogens with zero attached hydrogens (tertiary/aromatic N) is 1. The third-order valence-electron chi connectivity index (χ3n) is 2.14. The topological polar surface area (TPSA) is 79.3 Å². The largest absolute Gasteiger partial charge is 0.506 e. The summed E-state index contributed by atoms with van der Waals surface area (Å²) < 4.78 is 38.8. The van der Waals surface area contributed by atoms with Gasteiger partial charge in [-0.3, -0.25) is 9.71 Å². The third kappa shape index (κ3) is 2.57. The molecule has 2 rings (SSSR count).